The average Bonchev–Trinajstić information content (AvgIpc) is 2.14. The number of hydrogen-bond acceptors (Lipinski definition) is 3. The number of thiocarbonyl (C=S) groups is 1. The smallest absolute Gasteiger partial charge is 0.241 e. The van der Waals surface area contributed by atoms with E-state index in [-0.39, 0.29) is 10.7 Å². The van der Waals surface area contributed by atoms with Crippen molar-refractivity contribution >= 4 is 32.9 Å². The lowest BCUT2D eigenvalue weighted by molar-refractivity contribution is 0.598. The Labute approximate surface area is 107 Å². The van der Waals surface area contributed by atoms with Gasteiger partial charge in [-0.1, -0.05) is 29.9 Å². The van der Waals surface area contributed by atoms with Crippen LogP contribution in [0.15, 0.2) is 18.2 Å². The number of benzene rings is 1. The molecule has 0 unspecified atom stereocenters. The van der Waals surface area contributed by atoms with Gasteiger partial charge in [-0.05, 0) is 25.5 Å². The van der Waals surface area contributed by atoms with Gasteiger partial charge in [-0.2, -0.15) is 0 Å². The predicted octanol–water partition coefficient (Wildman–Crippen LogP) is 1.36. The van der Waals surface area contributed by atoms with Gasteiger partial charge in [-0.15, -0.1) is 0 Å². The van der Waals surface area contributed by atoms with Crippen LogP contribution in [0.1, 0.15) is 11.1 Å². The van der Waals surface area contributed by atoms with Crippen molar-refractivity contribution in [1.29, 1.82) is 0 Å². The number of anilines is 1. The zero-order valence-electron chi connectivity index (χ0n) is 10.1. The Bertz CT molecular complexity index is 538. The molecule has 0 heterocycles. The van der Waals surface area contributed by atoms with Crippen molar-refractivity contribution in [1.82, 2.24) is 0 Å². The lowest BCUT2D eigenvalue weighted by atomic mass is 10.1. The number of rotatable bonds is 4. The van der Waals surface area contributed by atoms with Crippen molar-refractivity contribution in [3.63, 3.8) is 0 Å². The van der Waals surface area contributed by atoms with Crippen molar-refractivity contribution < 1.29 is 8.42 Å². The average molecular weight is 272 g/mol. The van der Waals surface area contributed by atoms with Crippen LogP contribution in [0, 0.1) is 13.8 Å². The lowest BCUT2D eigenvalue weighted by Crippen LogP contribution is -2.34. The van der Waals surface area contributed by atoms with Gasteiger partial charge >= 0.3 is 0 Å². The van der Waals surface area contributed by atoms with Crippen LogP contribution >= 0.6 is 12.2 Å². The molecule has 94 valence electrons. The number of sulfonamides is 1. The minimum absolute atomic E-state index is 0.0263. The molecule has 1 aromatic carbocycles. The zero-order chi connectivity index (χ0) is 13.2. The monoisotopic (exact) mass is 272 g/mol. The minimum Gasteiger partial charge on any atom is -0.392 e. The van der Waals surface area contributed by atoms with Gasteiger partial charge in [0.25, 0.3) is 0 Å². The second kappa shape index (κ2) is 5.01. The maximum absolute atomic E-state index is 11.9. The first kappa shape index (κ1) is 13.9. The number of aryl methyl sites for hydroxylation is 2. The highest BCUT2D eigenvalue weighted by Crippen LogP contribution is 2.22. The van der Waals surface area contributed by atoms with Crippen LogP contribution in [-0.2, 0) is 10.0 Å². The highest BCUT2D eigenvalue weighted by Gasteiger charge is 2.20. The van der Waals surface area contributed by atoms with Gasteiger partial charge in [0.2, 0.25) is 10.0 Å². The summed E-state index contributed by atoms with van der Waals surface area (Å²) >= 11 is 4.64. The quantitative estimate of drug-likeness (QED) is 0.841. The first-order valence-electron chi connectivity index (χ1n) is 5.06. The van der Waals surface area contributed by atoms with E-state index in [2.05, 4.69) is 12.2 Å². The van der Waals surface area contributed by atoms with Crippen molar-refractivity contribution in [2.45, 2.75) is 13.8 Å². The van der Waals surface area contributed by atoms with E-state index in [1.165, 1.54) is 11.4 Å². The summed E-state index contributed by atoms with van der Waals surface area (Å²) in [6, 6.07) is 5.58. The van der Waals surface area contributed by atoms with Gasteiger partial charge < -0.3 is 5.73 Å². The normalized spacial score (nSPS) is 11.2. The van der Waals surface area contributed by atoms with Crippen LogP contribution in [0.3, 0.4) is 0 Å². The molecule has 0 spiro atoms. The summed E-state index contributed by atoms with van der Waals surface area (Å²) in [7, 11) is -1.98. The highest BCUT2D eigenvalue weighted by molar-refractivity contribution is 7.95. The molecule has 0 aliphatic carbocycles. The van der Waals surface area contributed by atoms with Crippen molar-refractivity contribution in [3.8, 4) is 0 Å². The van der Waals surface area contributed by atoms with E-state index in [0.29, 0.717) is 5.69 Å². The Hall–Kier alpha value is -1.14. The third-order valence-corrected chi connectivity index (χ3v) is 4.47. The molecule has 0 saturated heterocycles. The molecule has 0 radical (unpaired) electrons. The van der Waals surface area contributed by atoms with E-state index in [4.69, 9.17) is 5.73 Å². The summed E-state index contributed by atoms with van der Waals surface area (Å²) < 4.78 is 25.1. The van der Waals surface area contributed by atoms with Crippen LogP contribution < -0.4 is 10.0 Å². The second-order valence-corrected chi connectivity index (χ2v) is 6.50. The molecule has 4 nitrogen and oxygen atoms in total. The first-order chi connectivity index (χ1) is 7.74. The summed E-state index contributed by atoms with van der Waals surface area (Å²) in [4.78, 5) is -0.0263. The zero-order valence-corrected chi connectivity index (χ0v) is 11.7. The number of nitrogens with zero attached hydrogens (tertiary/aromatic N) is 1. The standard InChI is InChI=1S/C11H16N2O2S2/c1-8-4-5-10(9(2)6-8)13(3)17(14,15)7-11(12)16/h4-6H,7H2,1-3H3,(H2,12,16). The molecule has 6 heteroatoms. The largest absolute Gasteiger partial charge is 0.392 e. The Morgan fingerprint density at radius 3 is 2.47 bits per heavy atom. The number of hydrogen-bond donors (Lipinski definition) is 1. The molecule has 17 heavy (non-hydrogen) atoms. The summed E-state index contributed by atoms with van der Waals surface area (Å²) in [6.07, 6.45) is 0. The third kappa shape index (κ3) is 3.41. The molecule has 0 atom stereocenters. The molecule has 0 aliphatic rings. The molecule has 0 aliphatic heterocycles. The Morgan fingerprint density at radius 1 is 1.41 bits per heavy atom. The fourth-order valence-electron chi connectivity index (χ4n) is 1.59. The van der Waals surface area contributed by atoms with Crippen LogP contribution in [0.5, 0.6) is 0 Å². The van der Waals surface area contributed by atoms with Crippen molar-refractivity contribution in [3.05, 3.63) is 29.3 Å². The second-order valence-electron chi connectivity index (χ2n) is 3.98. The molecule has 2 N–H and O–H groups in total. The highest BCUT2D eigenvalue weighted by atomic mass is 32.2. The molecule has 0 fully saturated rings. The molecular formula is C11H16N2O2S2. The third-order valence-electron chi connectivity index (χ3n) is 2.43. The van der Waals surface area contributed by atoms with E-state index < -0.39 is 10.0 Å². The van der Waals surface area contributed by atoms with Crippen LogP contribution in [0.25, 0.3) is 0 Å². The van der Waals surface area contributed by atoms with Gasteiger partial charge in [0, 0.05) is 7.05 Å². The summed E-state index contributed by atoms with van der Waals surface area (Å²) in [5.74, 6) is -0.313. The van der Waals surface area contributed by atoms with E-state index >= 15 is 0 Å². The fourth-order valence-corrected chi connectivity index (χ4v) is 3.09. The minimum atomic E-state index is -3.48. The maximum atomic E-state index is 11.9. The van der Waals surface area contributed by atoms with Gasteiger partial charge in [0.15, 0.2) is 0 Å². The van der Waals surface area contributed by atoms with Gasteiger partial charge in [-0.25, -0.2) is 8.42 Å². The number of nitrogens with two attached hydrogens (primary N) is 1. The fraction of sp³-hybridized carbons (Fsp3) is 0.364. The molecule has 1 aromatic rings. The molecule has 0 saturated carbocycles. The van der Waals surface area contributed by atoms with Crippen LogP contribution in [0.2, 0.25) is 0 Å². The maximum Gasteiger partial charge on any atom is 0.241 e. The molecular weight excluding hydrogens is 256 g/mol. The molecule has 0 amide bonds. The van der Waals surface area contributed by atoms with E-state index in [0.717, 1.165) is 11.1 Å². The summed E-state index contributed by atoms with van der Waals surface area (Å²) in [6.45, 7) is 3.83. The topological polar surface area (TPSA) is 63.4 Å². The lowest BCUT2D eigenvalue weighted by Gasteiger charge is -2.21. The molecule has 0 bridgehead atoms. The van der Waals surface area contributed by atoms with Gasteiger partial charge in [0.1, 0.15) is 5.75 Å². The Balaban J connectivity index is 3.12. The summed E-state index contributed by atoms with van der Waals surface area (Å²) in [5, 5.41) is 0. The van der Waals surface area contributed by atoms with Crippen molar-refractivity contribution in [2.75, 3.05) is 17.1 Å². The Morgan fingerprint density at radius 2 is 2.00 bits per heavy atom. The summed E-state index contributed by atoms with van der Waals surface area (Å²) in [5.41, 5.74) is 7.92. The van der Waals surface area contributed by atoms with Gasteiger partial charge in [-0.3, -0.25) is 4.31 Å². The van der Waals surface area contributed by atoms with E-state index in [1.807, 2.05) is 26.0 Å². The van der Waals surface area contributed by atoms with E-state index in [9.17, 15) is 8.42 Å². The molecule has 0 aromatic heterocycles. The SMILES string of the molecule is Cc1ccc(N(C)S(=O)(=O)CC(N)=S)c(C)c1. The van der Waals surface area contributed by atoms with E-state index in [1.54, 1.807) is 6.07 Å². The molecule has 1 rings (SSSR count). The Kier molecular flexibility index (Phi) is 4.11. The van der Waals surface area contributed by atoms with Crippen LogP contribution in [0.4, 0.5) is 5.69 Å². The predicted molar refractivity (Wildman–Crippen MR) is 74.9 cm³/mol. The van der Waals surface area contributed by atoms with Crippen LogP contribution in [-0.4, -0.2) is 26.2 Å². The van der Waals surface area contributed by atoms with Crippen molar-refractivity contribution in [2.24, 2.45) is 5.73 Å². The van der Waals surface area contributed by atoms with Gasteiger partial charge in [0.05, 0.1) is 10.7 Å². The first-order valence-corrected chi connectivity index (χ1v) is 7.08.